The maximum atomic E-state index is 6.12. The number of hydrogen-bond acceptors (Lipinski definition) is 2. The first-order valence-corrected chi connectivity index (χ1v) is 8.09. The zero-order valence-corrected chi connectivity index (χ0v) is 14.7. The lowest BCUT2D eigenvalue weighted by Gasteiger charge is -2.16. The largest absolute Gasteiger partial charge is 0.456 e. The molecule has 0 fully saturated rings. The lowest BCUT2D eigenvalue weighted by molar-refractivity contribution is 0.386. The fourth-order valence-corrected chi connectivity index (χ4v) is 2.61. The van der Waals surface area contributed by atoms with Crippen LogP contribution in [0.5, 0.6) is 11.5 Å². The molecule has 0 spiro atoms. The molecule has 1 atom stereocenters. The minimum absolute atomic E-state index is 0.510. The molecular formula is C18H21Cl2NO. The Bertz CT molecular complexity index is 611. The van der Waals surface area contributed by atoms with Gasteiger partial charge in [0.2, 0.25) is 0 Å². The van der Waals surface area contributed by atoms with Crippen LogP contribution in [0.4, 0.5) is 0 Å². The Morgan fingerprint density at radius 1 is 1.05 bits per heavy atom. The Morgan fingerprint density at radius 2 is 1.73 bits per heavy atom. The second kappa shape index (κ2) is 7.87. The minimum atomic E-state index is 0.510. The number of benzene rings is 2. The molecule has 0 saturated heterocycles. The van der Waals surface area contributed by atoms with E-state index in [1.54, 1.807) is 18.2 Å². The fraction of sp³-hybridized carbons (Fsp3) is 0.333. The van der Waals surface area contributed by atoms with Crippen LogP contribution in [0.2, 0.25) is 10.0 Å². The molecule has 22 heavy (non-hydrogen) atoms. The van der Waals surface area contributed by atoms with Crippen molar-refractivity contribution < 1.29 is 4.74 Å². The Hall–Kier alpha value is -1.22. The topological polar surface area (TPSA) is 12.5 Å². The number of rotatable bonds is 6. The van der Waals surface area contributed by atoms with Crippen LogP contribution < -0.4 is 4.74 Å². The lowest BCUT2D eigenvalue weighted by atomic mass is 9.97. The fourth-order valence-electron chi connectivity index (χ4n) is 2.17. The highest BCUT2D eigenvalue weighted by Crippen LogP contribution is 2.32. The summed E-state index contributed by atoms with van der Waals surface area (Å²) in [7, 11) is 4.19. The molecule has 118 valence electrons. The minimum Gasteiger partial charge on any atom is -0.456 e. The van der Waals surface area contributed by atoms with Crippen LogP contribution in [0.15, 0.2) is 42.5 Å². The van der Waals surface area contributed by atoms with Gasteiger partial charge in [0.15, 0.2) is 0 Å². The first-order chi connectivity index (χ1) is 10.5. The number of nitrogens with zero attached hydrogens (tertiary/aromatic N) is 1. The molecule has 4 heteroatoms. The molecule has 0 aliphatic heterocycles. The van der Waals surface area contributed by atoms with Crippen LogP contribution in [-0.4, -0.2) is 25.5 Å². The van der Waals surface area contributed by atoms with E-state index in [2.05, 4.69) is 38.1 Å². The second-order valence-electron chi connectivity index (χ2n) is 5.74. The summed E-state index contributed by atoms with van der Waals surface area (Å²) in [5.74, 6) is 1.91. The molecule has 0 amide bonds. The van der Waals surface area contributed by atoms with Crippen molar-refractivity contribution in [1.82, 2.24) is 4.90 Å². The van der Waals surface area contributed by atoms with Crippen molar-refractivity contribution in [1.29, 1.82) is 0 Å². The molecule has 2 nitrogen and oxygen atoms in total. The molecule has 0 aliphatic rings. The van der Waals surface area contributed by atoms with Crippen molar-refractivity contribution in [2.24, 2.45) is 0 Å². The van der Waals surface area contributed by atoms with Crippen LogP contribution >= 0.6 is 23.2 Å². The average Bonchev–Trinajstić information content (AvgIpc) is 2.48. The van der Waals surface area contributed by atoms with Crippen LogP contribution in [0.1, 0.15) is 24.8 Å². The van der Waals surface area contributed by atoms with Gasteiger partial charge >= 0.3 is 0 Å². The van der Waals surface area contributed by atoms with Crippen LogP contribution in [0.3, 0.4) is 0 Å². The predicted molar refractivity (Wildman–Crippen MR) is 94.6 cm³/mol. The average molecular weight is 338 g/mol. The molecule has 0 bridgehead atoms. The molecule has 0 saturated carbocycles. The molecule has 0 heterocycles. The quantitative estimate of drug-likeness (QED) is 0.656. The highest BCUT2D eigenvalue weighted by molar-refractivity contribution is 6.35. The third-order valence-electron chi connectivity index (χ3n) is 3.58. The van der Waals surface area contributed by atoms with Crippen molar-refractivity contribution in [3.63, 3.8) is 0 Å². The van der Waals surface area contributed by atoms with Gasteiger partial charge in [-0.25, -0.2) is 0 Å². The monoisotopic (exact) mass is 337 g/mol. The van der Waals surface area contributed by atoms with Gasteiger partial charge in [-0.2, -0.15) is 0 Å². The molecule has 0 aromatic heterocycles. The van der Waals surface area contributed by atoms with Crippen molar-refractivity contribution in [3.8, 4) is 11.5 Å². The second-order valence-corrected chi connectivity index (χ2v) is 6.58. The molecule has 1 unspecified atom stereocenters. The van der Waals surface area contributed by atoms with E-state index in [0.717, 1.165) is 18.7 Å². The van der Waals surface area contributed by atoms with E-state index < -0.39 is 0 Å². The van der Waals surface area contributed by atoms with E-state index in [1.165, 1.54) is 5.56 Å². The number of ether oxygens (including phenoxy) is 1. The summed E-state index contributed by atoms with van der Waals surface area (Å²) in [6.45, 7) is 3.33. The van der Waals surface area contributed by atoms with Crippen LogP contribution in [-0.2, 0) is 0 Å². The summed E-state index contributed by atoms with van der Waals surface area (Å²) < 4.78 is 5.80. The molecular weight excluding hydrogens is 317 g/mol. The first-order valence-electron chi connectivity index (χ1n) is 7.33. The van der Waals surface area contributed by atoms with Crippen molar-refractivity contribution >= 4 is 23.2 Å². The van der Waals surface area contributed by atoms with E-state index in [4.69, 9.17) is 27.9 Å². The van der Waals surface area contributed by atoms with Crippen molar-refractivity contribution in [2.75, 3.05) is 20.6 Å². The zero-order valence-electron chi connectivity index (χ0n) is 13.1. The van der Waals surface area contributed by atoms with E-state index in [-0.39, 0.29) is 0 Å². The zero-order chi connectivity index (χ0) is 16.1. The third-order valence-corrected chi connectivity index (χ3v) is 4.11. The van der Waals surface area contributed by atoms with E-state index in [1.807, 2.05) is 12.1 Å². The normalized spacial score (nSPS) is 12.5. The summed E-state index contributed by atoms with van der Waals surface area (Å²) in [6, 6.07) is 13.4. The molecule has 0 N–H and O–H groups in total. The van der Waals surface area contributed by atoms with Gasteiger partial charge < -0.3 is 9.64 Å². The Morgan fingerprint density at radius 3 is 2.32 bits per heavy atom. The van der Waals surface area contributed by atoms with Crippen molar-refractivity contribution in [3.05, 3.63) is 58.1 Å². The highest BCUT2D eigenvalue weighted by Gasteiger charge is 2.08. The summed E-state index contributed by atoms with van der Waals surface area (Å²) in [4.78, 5) is 2.20. The maximum absolute atomic E-state index is 6.12. The van der Waals surface area contributed by atoms with Gasteiger partial charge in [0, 0.05) is 5.02 Å². The molecule has 2 rings (SSSR count). The van der Waals surface area contributed by atoms with E-state index >= 15 is 0 Å². The van der Waals surface area contributed by atoms with Crippen molar-refractivity contribution in [2.45, 2.75) is 19.3 Å². The van der Waals surface area contributed by atoms with Crippen LogP contribution in [0.25, 0.3) is 0 Å². The van der Waals surface area contributed by atoms with E-state index in [9.17, 15) is 0 Å². The highest BCUT2D eigenvalue weighted by atomic mass is 35.5. The molecule has 2 aromatic carbocycles. The van der Waals surface area contributed by atoms with Gasteiger partial charge in [0.05, 0.1) is 5.02 Å². The van der Waals surface area contributed by atoms with Gasteiger partial charge in [-0.05, 0) is 68.9 Å². The lowest BCUT2D eigenvalue weighted by Crippen LogP contribution is -2.14. The summed E-state index contributed by atoms with van der Waals surface area (Å²) in [5.41, 5.74) is 1.32. The Kier molecular flexibility index (Phi) is 6.13. The first kappa shape index (κ1) is 17.1. The van der Waals surface area contributed by atoms with Gasteiger partial charge in [-0.15, -0.1) is 0 Å². The molecule has 0 aliphatic carbocycles. The Balaban J connectivity index is 2.02. The van der Waals surface area contributed by atoms with Crippen LogP contribution in [0, 0.1) is 0 Å². The maximum Gasteiger partial charge on any atom is 0.146 e. The molecule has 0 radical (unpaired) electrons. The summed E-state index contributed by atoms with van der Waals surface area (Å²) in [5, 5.41) is 1.11. The Labute approximate surface area is 142 Å². The van der Waals surface area contributed by atoms with Gasteiger partial charge in [-0.3, -0.25) is 0 Å². The number of hydrogen-bond donors (Lipinski definition) is 0. The molecule has 2 aromatic rings. The number of halogens is 2. The standard InChI is InChI=1S/C18H21Cl2NO/c1-13(10-11-21(2)3)14-4-7-16(8-5-14)22-18-9-6-15(19)12-17(18)20/h4-9,12-13H,10-11H2,1-3H3. The summed E-state index contributed by atoms with van der Waals surface area (Å²) >= 11 is 12.0. The van der Waals surface area contributed by atoms with Gasteiger partial charge in [0.25, 0.3) is 0 Å². The van der Waals surface area contributed by atoms with Gasteiger partial charge in [0.1, 0.15) is 11.5 Å². The smallest absolute Gasteiger partial charge is 0.146 e. The van der Waals surface area contributed by atoms with E-state index in [0.29, 0.717) is 21.7 Å². The predicted octanol–water partition coefficient (Wildman–Crippen LogP) is 5.84. The van der Waals surface area contributed by atoms with Gasteiger partial charge in [-0.1, -0.05) is 42.3 Å². The summed E-state index contributed by atoms with van der Waals surface area (Å²) in [6.07, 6.45) is 1.14. The third kappa shape index (κ3) is 4.91. The SMILES string of the molecule is CC(CCN(C)C)c1ccc(Oc2ccc(Cl)cc2Cl)cc1.